The van der Waals surface area contributed by atoms with E-state index < -0.39 is 5.91 Å². The third-order valence-corrected chi connectivity index (χ3v) is 5.08. The van der Waals surface area contributed by atoms with Crippen molar-refractivity contribution in [3.05, 3.63) is 101 Å². The van der Waals surface area contributed by atoms with Crippen molar-refractivity contribution in [3.63, 3.8) is 0 Å². The minimum Gasteiger partial charge on any atom is -0.366 e. The number of rotatable bonds is 3. The molecule has 0 saturated carbocycles. The average Bonchev–Trinajstić information content (AvgIpc) is 2.73. The van der Waals surface area contributed by atoms with Crippen LogP contribution in [0.1, 0.15) is 33.0 Å². The molecule has 3 aromatic rings. The topological polar surface area (TPSA) is 75.4 Å². The summed E-state index contributed by atoms with van der Waals surface area (Å²) in [5.74, 6) is -0.402. The van der Waals surface area contributed by atoms with Gasteiger partial charge in [0, 0.05) is 30.3 Å². The van der Waals surface area contributed by atoms with Crippen LogP contribution < -0.4 is 11.1 Å². The fourth-order valence-electron chi connectivity index (χ4n) is 3.68. The Hall–Kier alpha value is -3.60. The van der Waals surface area contributed by atoms with Crippen molar-refractivity contribution in [1.82, 2.24) is 4.90 Å². The summed E-state index contributed by atoms with van der Waals surface area (Å²) in [6, 6.07) is 24.9. The molecule has 0 radical (unpaired) electrons. The highest BCUT2D eigenvalue weighted by Crippen LogP contribution is 2.33. The number of fused-ring (bicyclic) bond motifs is 1. The number of nitrogens with two attached hydrogens (primary N) is 1. The van der Waals surface area contributed by atoms with E-state index in [1.165, 1.54) is 11.1 Å². The van der Waals surface area contributed by atoms with Crippen molar-refractivity contribution in [3.8, 4) is 0 Å². The molecule has 0 spiro atoms. The van der Waals surface area contributed by atoms with Gasteiger partial charge in [-0.3, -0.25) is 4.79 Å². The molecule has 1 atom stereocenters. The number of anilines is 1. The molecule has 0 bridgehead atoms. The van der Waals surface area contributed by atoms with Crippen LogP contribution in [-0.4, -0.2) is 23.4 Å². The molecule has 1 aliphatic rings. The summed E-state index contributed by atoms with van der Waals surface area (Å²) in [5.41, 5.74) is 9.83. The van der Waals surface area contributed by atoms with Crippen molar-refractivity contribution < 1.29 is 9.59 Å². The standard InChI is InChI=1S/C23H21N3O2/c24-22(27)17-10-6-11-19(13-17)25-23(28)26-14-18-9-4-5-12-20(18)21(15-26)16-7-2-1-3-8-16/h1-13,21H,14-15H2,(H2,24,27)(H,25,28)/t21-/m1/s1. The van der Waals surface area contributed by atoms with Crippen LogP contribution in [0.3, 0.4) is 0 Å². The monoisotopic (exact) mass is 371 g/mol. The van der Waals surface area contributed by atoms with Gasteiger partial charge in [0.05, 0.1) is 0 Å². The molecule has 3 aromatic carbocycles. The summed E-state index contributed by atoms with van der Waals surface area (Å²) in [5, 5.41) is 2.89. The van der Waals surface area contributed by atoms with E-state index in [0.717, 1.165) is 5.56 Å². The van der Waals surface area contributed by atoms with E-state index in [9.17, 15) is 9.59 Å². The predicted molar refractivity (Wildman–Crippen MR) is 109 cm³/mol. The Morgan fingerprint density at radius 2 is 1.68 bits per heavy atom. The lowest BCUT2D eigenvalue weighted by Crippen LogP contribution is -2.41. The first-order chi connectivity index (χ1) is 13.6. The average molecular weight is 371 g/mol. The van der Waals surface area contributed by atoms with E-state index in [4.69, 9.17) is 5.73 Å². The summed E-state index contributed by atoms with van der Waals surface area (Å²) in [6.07, 6.45) is 0. The lowest BCUT2D eigenvalue weighted by atomic mass is 9.85. The third kappa shape index (κ3) is 3.60. The minimum atomic E-state index is -0.521. The molecular weight excluding hydrogens is 350 g/mol. The number of amides is 3. The van der Waals surface area contributed by atoms with Gasteiger partial charge in [0.15, 0.2) is 0 Å². The summed E-state index contributed by atoms with van der Waals surface area (Å²) in [4.78, 5) is 26.1. The van der Waals surface area contributed by atoms with Crippen molar-refractivity contribution in [2.45, 2.75) is 12.5 Å². The summed E-state index contributed by atoms with van der Waals surface area (Å²) in [6.45, 7) is 1.13. The zero-order chi connectivity index (χ0) is 19.5. The molecule has 0 unspecified atom stereocenters. The van der Waals surface area contributed by atoms with Gasteiger partial charge in [-0.15, -0.1) is 0 Å². The Morgan fingerprint density at radius 1 is 0.929 bits per heavy atom. The highest BCUT2D eigenvalue weighted by Gasteiger charge is 2.29. The van der Waals surface area contributed by atoms with E-state index in [-0.39, 0.29) is 11.9 Å². The van der Waals surface area contributed by atoms with Crippen LogP contribution in [0, 0.1) is 0 Å². The first-order valence-corrected chi connectivity index (χ1v) is 9.20. The molecule has 1 aliphatic heterocycles. The fraction of sp³-hybridized carbons (Fsp3) is 0.130. The van der Waals surface area contributed by atoms with Crippen molar-refractivity contribution in [1.29, 1.82) is 0 Å². The molecule has 3 N–H and O–H groups in total. The van der Waals surface area contributed by atoms with Crippen molar-refractivity contribution in [2.24, 2.45) is 5.73 Å². The number of hydrogen-bond donors (Lipinski definition) is 2. The summed E-state index contributed by atoms with van der Waals surface area (Å²) >= 11 is 0. The zero-order valence-electron chi connectivity index (χ0n) is 15.3. The largest absolute Gasteiger partial charge is 0.366 e. The Morgan fingerprint density at radius 3 is 2.46 bits per heavy atom. The maximum absolute atomic E-state index is 12.9. The SMILES string of the molecule is NC(=O)c1cccc(NC(=O)N2Cc3ccccc3[C@@H](c3ccccc3)C2)c1. The molecule has 0 aromatic heterocycles. The first kappa shape index (κ1) is 17.8. The van der Waals surface area contributed by atoms with Crippen LogP contribution in [0.15, 0.2) is 78.9 Å². The Balaban J connectivity index is 1.59. The third-order valence-electron chi connectivity index (χ3n) is 5.08. The van der Waals surface area contributed by atoms with E-state index in [0.29, 0.717) is 24.3 Å². The second-order valence-corrected chi connectivity index (χ2v) is 6.92. The minimum absolute atomic E-state index is 0.119. The van der Waals surface area contributed by atoms with Gasteiger partial charge in [-0.25, -0.2) is 4.79 Å². The van der Waals surface area contributed by atoms with Crippen LogP contribution >= 0.6 is 0 Å². The van der Waals surface area contributed by atoms with Crippen LogP contribution in [0.4, 0.5) is 10.5 Å². The van der Waals surface area contributed by atoms with Crippen LogP contribution in [0.2, 0.25) is 0 Å². The molecule has 1 heterocycles. The van der Waals surface area contributed by atoms with E-state index in [2.05, 4.69) is 29.6 Å². The molecule has 0 saturated heterocycles. The second kappa shape index (κ2) is 7.56. The highest BCUT2D eigenvalue weighted by molar-refractivity contribution is 5.96. The van der Waals surface area contributed by atoms with Gasteiger partial charge in [-0.2, -0.15) is 0 Å². The number of carbonyl (C=O) groups is 2. The van der Waals surface area contributed by atoms with Crippen LogP contribution in [-0.2, 0) is 6.54 Å². The number of primary amides is 1. The quantitative estimate of drug-likeness (QED) is 0.731. The normalized spacial score (nSPS) is 15.6. The lowest BCUT2D eigenvalue weighted by molar-refractivity contribution is 0.1000. The van der Waals surface area contributed by atoms with E-state index in [1.54, 1.807) is 29.2 Å². The van der Waals surface area contributed by atoms with E-state index >= 15 is 0 Å². The van der Waals surface area contributed by atoms with Gasteiger partial charge in [-0.05, 0) is 34.9 Å². The highest BCUT2D eigenvalue weighted by atomic mass is 16.2. The first-order valence-electron chi connectivity index (χ1n) is 9.20. The molecule has 28 heavy (non-hydrogen) atoms. The van der Waals surface area contributed by atoms with Crippen molar-refractivity contribution in [2.75, 3.05) is 11.9 Å². The molecular formula is C23H21N3O2. The molecule has 5 heteroatoms. The second-order valence-electron chi connectivity index (χ2n) is 6.92. The summed E-state index contributed by atoms with van der Waals surface area (Å²) in [7, 11) is 0. The van der Waals surface area contributed by atoms with Crippen LogP contribution in [0.5, 0.6) is 0 Å². The number of nitrogens with one attached hydrogen (secondary N) is 1. The van der Waals surface area contributed by atoms with E-state index in [1.807, 2.05) is 30.3 Å². The molecule has 3 amide bonds. The predicted octanol–water partition coefficient (Wildman–Crippen LogP) is 3.97. The molecule has 0 fully saturated rings. The molecule has 4 rings (SSSR count). The molecule has 0 aliphatic carbocycles. The number of hydrogen-bond acceptors (Lipinski definition) is 2. The fourth-order valence-corrected chi connectivity index (χ4v) is 3.68. The lowest BCUT2D eigenvalue weighted by Gasteiger charge is -2.35. The van der Waals surface area contributed by atoms with Gasteiger partial charge in [0.1, 0.15) is 0 Å². The Labute approximate surface area is 163 Å². The summed E-state index contributed by atoms with van der Waals surface area (Å²) < 4.78 is 0. The number of benzene rings is 3. The molecule has 5 nitrogen and oxygen atoms in total. The Kier molecular flexibility index (Phi) is 4.81. The van der Waals surface area contributed by atoms with Crippen molar-refractivity contribution >= 4 is 17.6 Å². The van der Waals surface area contributed by atoms with Gasteiger partial charge in [0.25, 0.3) is 0 Å². The van der Waals surface area contributed by atoms with Gasteiger partial charge < -0.3 is 16.0 Å². The Bertz CT molecular complexity index is 1020. The smallest absolute Gasteiger partial charge is 0.322 e. The maximum atomic E-state index is 12.9. The molecule has 140 valence electrons. The van der Waals surface area contributed by atoms with Crippen LogP contribution in [0.25, 0.3) is 0 Å². The van der Waals surface area contributed by atoms with Gasteiger partial charge >= 0.3 is 6.03 Å². The number of urea groups is 1. The van der Waals surface area contributed by atoms with Gasteiger partial charge in [-0.1, -0.05) is 60.7 Å². The van der Waals surface area contributed by atoms with Gasteiger partial charge in [0.2, 0.25) is 5.91 Å². The zero-order valence-corrected chi connectivity index (χ0v) is 15.3. The maximum Gasteiger partial charge on any atom is 0.322 e. The number of nitrogens with zero attached hydrogens (tertiary/aromatic N) is 1. The number of carbonyl (C=O) groups excluding carboxylic acids is 2.